The Bertz CT molecular complexity index is 572. The number of carbonyl (C=O) groups excluding carboxylic acids is 2. The summed E-state index contributed by atoms with van der Waals surface area (Å²) in [5.41, 5.74) is -0.832. The lowest BCUT2D eigenvalue weighted by Crippen LogP contribution is -2.50. The van der Waals surface area contributed by atoms with Crippen molar-refractivity contribution in [3.05, 3.63) is 0 Å². The first kappa shape index (κ1) is 26.4. The van der Waals surface area contributed by atoms with Crippen LogP contribution in [-0.4, -0.2) is 62.2 Å². The maximum absolute atomic E-state index is 11.6. The molecule has 0 aliphatic rings. The van der Waals surface area contributed by atoms with Gasteiger partial charge >= 0.3 is 18.0 Å². The van der Waals surface area contributed by atoms with Crippen LogP contribution in [0, 0.1) is 0 Å². The summed E-state index contributed by atoms with van der Waals surface area (Å²) in [4.78, 5) is 34.4. The summed E-state index contributed by atoms with van der Waals surface area (Å²) >= 11 is 0. The quantitative estimate of drug-likeness (QED) is 0.456. The van der Waals surface area contributed by atoms with E-state index in [2.05, 4.69) is 9.50 Å². The molecule has 0 heterocycles. The van der Waals surface area contributed by atoms with Crippen molar-refractivity contribution in [1.82, 2.24) is 5.32 Å². The molecule has 0 saturated carbocycles. The zero-order valence-corrected chi connectivity index (χ0v) is 17.0. The van der Waals surface area contributed by atoms with Crippen LogP contribution < -0.4 is 5.32 Å². The fourth-order valence-electron chi connectivity index (χ4n) is 1.44. The first-order valence-electron chi connectivity index (χ1n) is 7.97. The van der Waals surface area contributed by atoms with Gasteiger partial charge in [-0.1, -0.05) is 13.8 Å². The minimum absolute atomic E-state index is 0. The Balaban J connectivity index is -0.00000185. The van der Waals surface area contributed by atoms with Crippen molar-refractivity contribution in [2.24, 2.45) is 0 Å². The third-order valence-corrected chi connectivity index (χ3v) is 3.75. The number of ether oxygens (including phenoxy) is 2. The van der Waals surface area contributed by atoms with E-state index in [9.17, 15) is 22.8 Å². The van der Waals surface area contributed by atoms with Gasteiger partial charge in [0.05, 0.1) is 19.3 Å². The SMILES string of the molecule is CC.COS(=O)(=O)CCC(=O)OC(C)C(NC(=O)OC(C)(C)C)C(=O)O.[HH]. The van der Waals surface area contributed by atoms with Crippen LogP contribution in [0.1, 0.15) is 49.4 Å². The van der Waals surface area contributed by atoms with E-state index in [1.807, 2.05) is 13.8 Å². The van der Waals surface area contributed by atoms with Crippen molar-refractivity contribution in [3.8, 4) is 0 Å². The van der Waals surface area contributed by atoms with Gasteiger partial charge in [0.2, 0.25) is 0 Å². The van der Waals surface area contributed by atoms with Crippen LogP contribution in [0.5, 0.6) is 0 Å². The molecular formula is C15H31NO9S. The summed E-state index contributed by atoms with van der Waals surface area (Å²) in [6.45, 7) is 10.0. The van der Waals surface area contributed by atoms with Gasteiger partial charge in [0.1, 0.15) is 11.7 Å². The molecule has 0 bridgehead atoms. The van der Waals surface area contributed by atoms with E-state index in [1.54, 1.807) is 20.8 Å². The number of carboxylic acids is 1. The molecule has 26 heavy (non-hydrogen) atoms. The van der Waals surface area contributed by atoms with E-state index in [0.717, 1.165) is 7.11 Å². The molecule has 0 aromatic heterocycles. The highest BCUT2D eigenvalue weighted by atomic mass is 32.2. The monoisotopic (exact) mass is 401 g/mol. The fraction of sp³-hybridized carbons (Fsp3) is 0.800. The van der Waals surface area contributed by atoms with Gasteiger partial charge in [-0.25, -0.2) is 9.59 Å². The third kappa shape index (κ3) is 12.5. The van der Waals surface area contributed by atoms with Crippen LogP contribution in [0.25, 0.3) is 0 Å². The number of rotatable bonds is 8. The first-order valence-corrected chi connectivity index (χ1v) is 9.55. The zero-order valence-electron chi connectivity index (χ0n) is 16.2. The largest absolute Gasteiger partial charge is 0.480 e. The number of alkyl carbamates (subject to hydrolysis) is 1. The summed E-state index contributed by atoms with van der Waals surface area (Å²) in [6.07, 6.45) is -2.74. The number of carbonyl (C=O) groups is 3. The number of hydrogen-bond donors (Lipinski definition) is 2. The molecule has 0 saturated heterocycles. The minimum atomic E-state index is -3.83. The molecule has 0 spiro atoms. The van der Waals surface area contributed by atoms with E-state index < -0.39 is 58.1 Å². The number of hydrogen-bond acceptors (Lipinski definition) is 8. The molecule has 0 fully saturated rings. The standard InChI is InChI=1S/C13H23NO9S.C2H6.H2/c1-8(22-9(15)6-7-24(19,20)21-5)10(11(16)17)14-12(18)23-13(2,3)4;1-2;/h8,10H,6-7H2,1-5H3,(H,14,18)(H,16,17);1-2H3;1H. The Kier molecular flexibility index (Phi) is 11.8. The molecule has 2 unspecified atom stereocenters. The fourth-order valence-corrected chi connectivity index (χ4v) is 2.02. The zero-order chi connectivity index (χ0) is 21.1. The summed E-state index contributed by atoms with van der Waals surface area (Å²) in [6, 6.07) is -1.55. The van der Waals surface area contributed by atoms with Gasteiger partial charge in [-0.2, -0.15) is 8.42 Å². The smallest absolute Gasteiger partial charge is 0.408 e. The third-order valence-electron chi connectivity index (χ3n) is 2.54. The predicted octanol–water partition coefficient (Wildman–Crippen LogP) is 1.53. The van der Waals surface area contributed by atoms with E-state index in [4.69, 9.17) is 14.6 Å². The molecule has 0 aromatic carbocycles. The van der Waals surface area contributed by atoms with Gasteiger partial charge in [0, 0.05) is 1.43 Å². The second-order valence-electron chi connectivity index (χ2n) is 5.84. The van der Waals surface area contributed by atoms with E-state index in [1.165, 1.54) is 6.92 Å². The van der Waals surface area contributed by atoms with Gasteiger partial charge in [0.15, 0.2) is 6.04 Å². The van der Waals surface area contributed by atoms with E-state index in [-0.39, 0.29) is 1.43 Å². The van der Waals surface area contributed by atoms with Gasteiger partial charge in [-0.3, -0.25) is 8.98 Å². The van der Waals surface area contributed by atoms with Crippen molar-refractivity contribution in [1.29, 1.82) is 0 Å². The topological polar surface area (TPSA) is 145 Å². The average Bonchev–Trinajstić information content (AvgIpc) is 2.50. The number of nitrogens with one attached hydrogen (secondary N) is 1. The molecule has 10 nitrogen and oxygen atoms in total. The van der Waals surface area contributed by atoms with E-state index in [0.29, 0.717) is 0 Å². The van der Waals surface area contributed by atoms with Crippen LogP contribution >= 0.6 is 0 Å². The lowest BCUT2D eigenvalue weighted by molar-refractivity contribution is -0.154. The van der Waals surface area contributed by atoms with Crippen LogP contribution in [0.2, 0.25) is 0 Å². The highest BCUT2D eigenvalue weighted by molar-refractivity contribution is 7.86. The number of aliphatic carboxylic acids is 1. The van der Waals surface area contributed by atoms with Crippen LogP contribution in [0.3, 0.4) is 0 Å². The van der Waals surface area contributed by atoms with Gasteiger partial charge in [0.25, 0.3) is 10.1 Å². The first-order chi connectivity index (χ1) is 11.8. The van der Waals surface area contributed by atoms with Crippen LogP contribution in [0.4, 0.5) is 4.79 Å². The molecule has 0 aromatic rings. The maximum atomic E-state index is 11.6. The van der Waals surface area contributed by atoms with Crippen molar-refractivity contribution in [2.75, 3.05) is 12.9 Å². The predicted molar refractivity (Wildman–Crippen MR) is 95.2 cm³/mol. The summed E-state index contributed by atoms with van der Waals surface area (Å²) in [7, 11) is -2.88. The Morgan fingerprint density at radius 3 is 2.08 bits per heavy atom. The number of esters is 1. The molecule has 0 aliphatic heterocycles. The molecule has 0 radical (unpaired) electrons. The van der Waals surface area contributed by atoms with Gasteiger partial charge in [-0.15, -0.1) is 0 Å². The minimum Gasteiger partial charge on any atom is -0.480 e. The molecule has 2 N–H and O–H groups in total. The van der Waals surface area contributed by atoms with Gasteiger partial charge < -0.3 is 19.9 Å². The average molecular weight is 401 g/mol. The Hall–Kier alpha value is -1.88. The lowest BCUT2D eigenvalue weighted by atomic mass is 10.2. The van der Waals surface area contributed by atoms with Gasteiger partial charge in [-0.05, 0) is 27.7 Å². The van der Waals surface area contributed by atoms with Crippen molar-refractivity contribution < 1.29 is 43.0 Å². The lowest BCUT2D eigenvalue weighted by Gasteiger charge is -2.24. The molecule has 1 amide bonds. The normalized spacial score (nSPS) is 13.5. The van der Waals surface area contributed by atoms with Crippen molar-refractivity contribution in [2.45, 2.75) is 65.7 Å². The summed E-state index contributed by atoms with van der Waals surface area (Å²) in [5.74, 6) is -2.99. The van der Waals surface area contributed by atoms with E-state index >= 15 is 0 Å². The molecule has 2 atom stereocenters. The summed E-state index contributed by atoms with van der Waals surface area (Å²) < 4.78 is 36.2. The second kappa shape index (κ2) is 11.7. The van der Waals surface area contributed by atoms with Crippen molar-refractivity contribution in [3.63, 3.8) is 0 Å². The Morgan fingerprint density at radius 2 is 1.69 bits per heavy atom. The molecule has 0 rings (SSSR count). The maximum Gasteiger partial charge on any atom is 0.408 e. The van der Waals surface area contributed by atoms with Crippen molar-refractivity contribution >= 4 is 28.1 Å². The van der Waals surface area contributed by atoms with Crippen LogP contribution in [-0.2, 0) is 33.4 Å². The second-order valence-corrected chi connectivity index (χ2v) is 7.69. The highest BCUT2D eigenvalue weighted by Gasteiger charge is 2.31. The number of amides is 1. The molecule has 156 valence electrons. The molecule has 0 aliphatic carbocycles. The highest BCUT2D eigenvalue weighted by Crippen LogP contribution is 2.09. The molecular weight excluding hydrogens is 370 g/mol. The Labute approximate surface area is 155 Å². The summed E-state index contributed by atoms with van der Waals surface area (Å²) in [5, 5.41) is 11.2. The number of carboxylic acid groups (broad SMARTS) is 1. The Morgan fingerprint density at radius 1 is 1.19 bits per heavy atom. The molecule has 11 heteroatoms. The van der Waals surface area contributed by atoms with Crippen LogP contribution in [0.15, 0.2) is 0 Å².